The number of nitrogens with one attached hydrogen (secondary N) is 2. The van der Waals surface area contributed by atoms with E-state index in [0.717, 1.165) is 24.3 Å². The zero-order chi connectivity index (χ0) is 21.3. The Morgan fingerprint density at radius 2 is 1.77 bits per heavy atom. The number of sulfone groups is 1. The summed E-state index contributed by atoms with van der Waals surface area (Å²) < 4.78 is 33.7. The fourth-order valence-electron chi connectivity index (χ4n) is 3.86. The van der Waals surface area contributed by atoms with Gasteiger partial charge in [0.05, 0.1) is 26.5 Å². The van der Waals surface area contributed by atoms with Gasteiger partial charge in [-0.2, -0.15) is 0 Å². The summed E-state index contributed by atoms with van der Waals surface area (Å²) in [7, 11) is 0.286. The van der Waals surface area contributed by atoms with E-state index in [9.17, 15) is 8.42 Å². The van der Waals surface area contributed by atoms with Crippen LogP contribution in [0, 0.1) is 0 Å². The van der Waals surface area contributed by atoms with E-state index in [0.29, 0.717) is 25.6 Å². The predicted octanol–water partition coefficient (Wildman–Crippen LogP) is 3.12. The molecule has 1 aliphatic carbocycles. The van der Waals surface area contributed by atoms with Crippen LogP contribution in [0.2, 0.25) is 0 Å². The number of halogens is 1. The van der Waals surface area contributed by atoms with E-state index in [1.165, 1.54) is 31.1 Å². The number of methoxy groups -OCH3 is 2. The highest BCUT2D eigenvalue weighted by atomic mass is 127. The molecule has 0 atom stereocenters. The first kappa shape index (κ1) is 26.8. The van der Waals surface area contributed by atoms with E-state index in [1.54, 1.807) is 14.2 Å². The maximum atomic E-state index is 11.4. The highest BCUT2D eigenvalue weighted by Crippen LogP contribution is 2.42. The molecule has 0 bridgehead atoms. The summed E-state index contributed by atoms with van der Waals surface area (Å²) >= 11 is 0. The Morgan fingerprint density at radius 3 is 2.33 bits per heavy atom. The summed E-state index contributed by atoms with van der Waals surface area (Å²) in [5.74, 6) is 2.19. The Bertz CT molecular complexity index is 793. The summed E-state index contributed by atoms with van der Waals surface area (Å²) in [4.78, 5) is 4.83. The number of ether oxygens (including phenoxy) is 2. The number of hydrogen-bond donors (Lipinski definition) is 2. The van der Waals surface area contributed by atoms with E-state index >= 15 is 0 Å². The van der Waals surface area contributed by atoms with Crippen LogP contribution in [0.25, 0.3) is 0 Å². The smallest absolute Gasteiger partial charge is 0.191 e. The Balaban J connectivity index is 0.00000450. The molecule has 0 amide bonds. The molecule has 0 saturated heterocycles. The van der Waals surface area contributed by atoms with E-state index < -0.39 is 9.84 Å². The number of aliphatic imine (C=N–C) groups is 1. The minimum atomic E-state index is -3.01. The Kier molecular flexibility index (Phi) is 11.2. The molecule has 1 fully saturated rings. The Hall–Kier alpha value is -1.23. The normalized spacial score (nSPS) is 16.3. The lowest BCUT2D eigenvalue weighted by molar-refractivity contribution is 0.298. The van der Waals surface area contributed by atoms with Crippen molar-refractivity contribution < 1.29 is 17.9 Å². The zero-order valence-electron chi connectivity index (χ0n) is 18.5. The van der Waals surface area contributed by atoms with Gasteiger partial charge in [-0.25, -0.2) is 8.42 Å². The van der Waals surface area contributed by atoms with Crippen molar-refractivity contribution in [3.8, 4) is 11.5 Å². The van der Waals surface area contributed by atoms with Crippen molar-refractivity contribution in [2.75, 3.05) is 45.9 Å². The van der Waals surface area contributed by atoms with Gasteiger partial charge in [-0.15, -0.1) is 24.0 Å². The molecule has 7 nitrogen and oxygen atoms in total. The zero-order valence-corrected chi connectivity index (χ0v) is 21.6. The molecular weight excluding hydrogens is 517 g/mol. The lowest BCUT2D eigenvalue weighted by Gasteiger charge is -2.37. The van der Waals surface area contributed by atoms with Gasteiger partial charge in [-0.1, -0.05) is 25.3 Å². The first-order chi connectivity index (χ1) is 13.8. The van der Waals surface area contributed by atoms with Gasteiger partial charge in [0, 0.05) is 24.8 Å². The van der Waals surface area contributed by atoms with E-state index in [-0.39, 0.29) is 35.1 Å². The molecule has 1 aliphatic rings. The minimum Gasteiger partial charge on any atom is -0.493 e. The van der Waals surface area contributed by atoms with Crippen LogP contribution < -0.4 is 20.1 Å². The molecule has 0 heterocycles. The molecule has 2 N–H and O–H groups in total. The summed E-state index contributed by atoms with van der Waals surface area (Å²) in [6.07, 6.45) is 6.95. The summed E-state index contributed by atoms with van der Waals surface area (Å²) in [6, 6.07) is 6.15. The summed E-state index contributed by atoms with van der Waals surface area (Å²) in [5.41, 5.74) is 1.15. The van der Waals surface area contributed by atoms with Crippen molar-refractivity contribution in [1.29, 1.82) is 0 Å². The third-order valence-corrected chi connectivity index (χ3v) is 6.40. The number of hydrogen-bond acceptors (Lipinski definition) is 5. The molecule has 1 aromatic rings. The van der Waals surface area contributed by atoms with Crippen LogP contribution in [-0.2, 0) is 15.3 Å². The van der Waals surface area contributed by atoms with Crippen molar-refractivity contribution >= 4 is 39.8 Å². The lowest BCUT2D eigenvalue weighted by atomic mass is 9.69. The molecule has 2 rings (SSSR count). The molecule has 30 heavy (non-hydrogen) atoms. The van der Waals surface area contributed by atoms with Crippen LogP contribution in [0.1, 0.15) is 44.6 Å². The van der Waals surface area contributed by atoms with E-state index in [1.807, 2.05) is 13.0 Å². The van der Waals surface area contributed by atoms with Crippen LogP contribution >= 0.6 is 24.0 Å². The fourth-order valence-corrected chi connectivity index (χ4v) is 4.33. The van der Waals surface area contributed by atoms with Crippen LogP contribution in [0.5, 0.6) is 11.5 Å². The van der Waals surface area contributed by atoms with Gasteiger partial charge in [0.25, 0.3) is 0 Å². The number of rotatable bonds is 9. The molecule has 0 aliphatic heterocycles. The Morgan fingerprint density at radius 1 is 1.10 bits per heavy atom. The molecule has 172 valence electrons. The van der Waals surface area contributed by atoms with Gasteiger partial charge in [-0.3, -0.25) is 4.99 Å². The first-order valence-electron chi connectivity index (χ1n) is 10.3. The second kappa shape index (κ2) is 12.6. The molecule has 1 aromatic carbocycles. The first-order valence-corrected chi connectivity index (χ1v) is 12.3. The number of benzene rings is 1. The minimum absolute atomic E-state index is 0. The predicted molar refractivity (Wildman–Crippen MR) is 133 cm³/mol. The second-order valence-electron chi connectivity index (χ2n) is 7.66. The van der Waals surface area contributed by atoms with Gasteiger partial charge >= 0.3 is 0 Å². The molecule has 9 heteroatoms. The maximum Gasteiger partial charge on any atom is 0.191 e. The van der Waals surface area contributed by atoms with Crippen LogP contribution in [0.15, 0.2) is 23.2 Å². The monoisotopic (exact) mass is 553 g/mol. The average Bonchev–Trinajstić information content (AvgIpc) is 2.71. The molecule has 0 aromatic heterocycles. The maximum absolute atomic E-state index is 11.4. The molecule has 0 spiro atoms. The standard InChI is InChI=1S/C21H35N3O4S.HI/c1-5-22-20(23-13-14-29(4,25)26)24-16-21(11-7-6-8-12-21)17-9-10-18(27-2)19(15-17)28-3;/h9-10,15H,5-8,11-14,16H2,1-4H3,(H2,22,23,24);1H. The van der Waals surface area contributed by atoms with Crippen molar-refractivity contribution in [2.45, 2.75) is 44.4 Å². The second-order valence-corrected chi connectivity index (χ2v) is 9.92. The van der Waals surface area contributed by atoms with Gasteiger partial charge in [0.1, 0.15) is 9.84 Å². The molecule has 0 unspecified atom stereocenters. The Labute approximate surface area is 198 Å². The SMILES string of the molecule is CCNC(=NCC1(c2ccc(OC)c(OC)c2)CCCCC1)NCCS(C)(=O)=O.I. The van der Waals surface area contributed by atoms with Crippen molar-refractivity contribution in [2.24, 2.45) is 4.99 Å². The topological polar surface area (TPSA) is 89.0 Å². The van der Waals surface area contributed by atoms with Crippen molar-refractivity contribution in [1.82, 2.24) is 10.6 Å². The largest absolute Gasteiger partial charge is 0.493 e. The van der Waals surface area contributed by atoms with Crippen LogP contribution in [0.4, 0.5) is 0 Å². The lowest BCUT2D eigenvalue weighted by Crippen LogP contribution is -2.41. The van der Waals surface area contributed by atoms with Crippen LogP contribution in [-0.4, -0.2) is 60.2 Å². The summed E-state index contributed by atoms with van der Waals surface area (Å²) in [5, 5.41) is 6.36. The number of guanidine groups is 1. The molecule has 1 saturated carbocycles. The van der Waals surface area contributed by atoms with Crippen LogP contribution in [0.3, 0.4) is 0 Å². The van der Waals surface area contributed by atoms with E-state index in [2.05, 4.69) is 22.8 Å². The van der Waals surface area contributed by atoms with Crippen molar-refractivity contribution in [3.05, 3.63) is 23.8 Å². The van der Waals surface area contributed by atoms with E-state index in [4.69, 9.17) is 14.5 Å². The number of nitrogens with zero attached hydrogens (tertiary/aromatic N) is 1. The quantitative estimate of drug-likeness (QED) is 0.278. The highest BCUT2D eigenvalue weighted by molar-refractivity contribution is 14.0. The van der Waals surface area contributed by atoms with Gasteiger partial charge < -0.3 is 20.1 Å². The molecular formula is C21H36IN3O4S. The van der Waals surface area contributed by atoms with Gasteiger partial charge in [-0.05, 0) is 37.5 Å². The fraction of sp³-hybridized carbons (Fsp3) is 0.667. The molecule has 0 radical (unpaired) electrons. The summed E-state index contributed by atoms with van der Waals surface area (Å²) in [6.45, 7) is 3.69. The highest BCUT2D eigenvalue weighted by Gasteiger charge is 2.34. The third-order valence-electron chi connectivity index (χ3n) is 5.46. The van der Waals surface area contributed by atoms with Crippen molar-refractivity contribution in [3.63, 3.8) is 0 Å². The average molecular weight is 554 g/mol. The van der Waals surface area contributed by atoms with Gasteiger partial charge in [0.2, 0.25) is 0 Å². The third kappa shape index (κ3) is 7.79. The van der Waals surface area contributed by atoms with Gasteiger partial charge in [0.15, 0.2) is 17.5 Å².